The first-order valence-corrected chi connectivity index (χ1v) is 5.97. The molecule has 0 aromatic heterocycles. The number of nitrogens with zero attached hydrogens (tertiary/aromatic N) is 1. The lowest BCUT2D eigenvalue weighted by molar-refractivity contribution is 0.0758. The molecule has 1 N–H and O–H groups in total. The fourth-order valence-electron chi connectivity index (χ4n) is 1.85. The van der Waals surface area contributed by atoms with Gasteiger partial charge < -0.3 is 19.5 Å². The van der Waals surface area contributed by atoms with Crippen LogP contribution < -0.4 is 9.47 Å². The van der Waals surface area contributed by atoms with Crippen molar-refractivity contribution in [2.75, 3.05) is 33.4 Å². The highest BCUT2D eigenvalue weighted by Gasteiger charge is 2.20. The van der Waals surface area contributed by atoms with Crippen LogP contribution in [0.25, 0.3) is 0 Å². The van der Waals surface area contributed by atoms with Crippen LogP contribution in [0.5, 0.6) is 11.5 Å². The Hall–Kier alpha value is -1.26. The van der Waals surface area contributed by atoms with Crippen molar-refractivity contribution in [3.05, 3.63) is 24.3 Å². The Morgan fingerprint density at radius 1 is 1.29 bits per heavy atom. The molecule has 1 aliphatic heterocycles. The molecule has 0 bridgehead atoms. The second-order valence-corrected chi connectivity index (χ2v) is 4.31. The molecule has 94 valence electrons. The molecule has 2 rings (SSSR count). The molecule has 1 heterocycles. The maximum Gasteiger partial charge on any atom is 0.161 e. The van der Waals surface area contributed by atoms with E-state index in [-0.39, 0.29) is 12.7 Å². The number of para-hydroxylation sites is 2. The molecule has 0 amide bonds. The van der Waals surface area contributed by atoms with Crippen molar-refractivity contribution < 1.29 is 14.6 Å². The molecule has 1 aliphatic rings. The molecule has 0 fully saturated rings. The zero-order valence-electron chi connectivity index (χ0n) is 10.1. The molecule has 0 unspecified atom stereocenters. The van der Waals surface area contributed by atoms with Crippen molar-refractivity contribution >= 4 is 0 Å². The fraction of sp³-hybridized carbons (Fsp3) is 0.538. The number of likely N-dealkylation sites (N-methyl/N-ethyl adjacent to an activating group) is 1. The van der Waals surface area contributed by atoms with Gasteiger partial charge in [0.25, 0.3) is 0 Å². The van der Waals surface area contributed by atoms with Gasteiger partial charge in [0.2, 0.25) is 0 Å². The lowest BCUT2D eigenvalue weighted by Gasteiger charge is -2.27. The largest absolute Gasteiger partial charge is 0.486 e. The number of hydrogen-bond donors (Lipinski definition) is 1. The molecule has 1 aromatic rings. The lowest BCUT2D eigenvalue weighted by Crippen LogP contribution is -2.33. The average molecular weight is 237 g/mol. The van der Waals surface area contributed by atoms with Crippen molar-refractivity contribution in [2.24, 2.45) is 0 Å². The van der Waals surface area contributed by atoms with E-state index in [9.17, 15) is 0 Å². The van der Waals surface area contributed by atoms with Gasteiger partial charge in [-0.05, 0) is 19.2 Å². The Morgan fingerprint density at radius 2 is 2.06 bits per heavy atom. The summed E-state index contributed by atoms with van der Waals surface area (Å²) < 4.78 is 11.5. The van der Waals surface area contributed by atoms with Gasteiger partial charge in [-0.2, -0.15) is 0 Å². The average Bonchev–Trinajstić information content (AvgIpc) is 2.36. The van der Waals surface area contributed by atoms with Crippen LogP contribution in [0.15, 0.2) is 24.3 Å². The normalized spacial score (nSPS) is 18.4. The predicted octanol–water partition coefficient (Wildman–Crippen LogP) is 1.14. The summed E-state index contributed by atoms with van der Waals surface area (Å²) in [5.41, 5.74) is 0. The maximum absolute atomic E-state index is 8.81. The molecule has 0 aliphatic carbocycles. The van der Waals surface area contributed by atoms with Crippen LogP contribution in [0.2, 0.25) is 0 Å². The molecule has 1 atom stereocenters. The van der Waals surface area contributed by atoms with Gasteiger partial charge >= 0.3 is 0 Å². The zero-order valence-corrected chi connectivity index (χ0v) is 10.1. The third-order valence-corrected chi connectivity index (χ3v) is 2.88. The second kappa shape index (κ2) is 5.89. The van der Waals surface area contributed by atoms with Gasteiger partial charge in [0.1, 0.15) is 12.7 Å². The van der Waals surface area contributed by atoms with Crippen LogP contribution in [0.3, 0.4) is 0 Å². The van der Waals surface area contributed by atoms with Gasteiger partial charge in [0.05, 0.1) is 6.61 Å². The van der Waals surface area contributed by atoms with Gasteiger partial charge in [-0.25, -0.2) is 0 Å². The summed E-state index contributed by atoms with van der Waals surface area (Å²) >= 11 is 0. The van der Waals surface area contributed by atoms with Gasteiger partial charge in [-0.1, -0.05) is 12.1 Å². The second-order valence-electron chi connectivity index (χ2n) is 4.31. The molecular weight excluding hydrogens is 218 g/mol. The molecule has 1 aromatic carbocycles. The number of hydrogen-bond acceptors (Lipinski definition) is 4. The van der Waals surface area contributed by atoms with Gasteiger partial charge in [-0.3, -0.25) is 0 Å². The molecule has 0 spiro atoms. The highest BCUT2D eigenvalue weighted by molar-refractivity contribution is 5.40. The topological polar surface area (TPSA) is 41.9 Å². The summed E-state index contributed by atoms with van der Waals surface area (Å²) in [5, 5.41) is 8.81. The summed E-state index contributed by atoms with van der Waals surface area (Å²) in [6.45, 7) is 2.40. The number of benzene rings is 1. The number of aliphatic hydroxyl groups is 1. The highest BCUT2D eigenvalue weighted by Crippen LogP contribution is 2.31. The van der Waals surface area contributed by atoms with Crippen LogP contribution in [-0.4, -0.2) is 49.5 Å². The van der Waals surface area contributed by atoms with E-state index in [1.165, 1.54) is 0 Å². The van der Waals surface area contributed by atoms with E-state index in [2.05, 4.69) is 4.90 Å². The Balaban J connectivity index is 1.82. The molecule has 4 heteroatoms. The van der Waals surface area contributed by atoms with Gasteiger partial charge in [0.15, 0.2) is 11.5 Å². The Bertz CT molecular complexity index is 356. The van der Waals surface area contributed by atoms with Crippen molar-refractivity contribution in [1.29, 1.82) is 0 Å². The Morgan fingerprint density at radius 3 is 2.82 bits per heavy atom. The third-order valence-electron chi connectivity index (χ3n) is 2.88. The lowest BCUT2D eigenvalue weighted by atomic mass is 10.2. The quantitative estimate of drug-likeness (QED) is 0.834. The van der Waals surface area contributed by atoms with Crippen LogP contribution in [0.1, 0.15) is 6.42 Å². The summed E-state index contributed by atoms with van der Waals surface area (Å²) in [4.78, 5) is 2.09. The first-order chi connectivity index (χ1) is 8.29. The summed E-state index contributed by atoms with van der Waals surface area (Å²) in [7, 11) is 1.99. The monoisotopic (exact) mass is 237 g/mol. The number of ether oxygens (including phenoxy) is 2. The summed E-state index contributed by atoms with van der Waals surface area (Å²) in [6, 6.07) is 7.74. The van der Waals surface area contributed by atoms with Crippen molar-refractivity contribution in [1.82, 2.24) is 4.90 Å². The summed E-state index contributed by atoms with van der Waals surface area (Å²) in [5.74, 6) is 1.65. The van der Waals surface area contributed by atoms with Crippen LogP contribution >= 0.6 is 0 Å². The number of rotatable bonds is 5. The minimum Gasteiger partial charge on any atom is -0.486 e. The number of fused-ring (bicyclic) bond motifs is 1. The minimum atomic E-state index is 0.103. The zero-order chi connectivity index (χ0) is 12.1. The summed E-state index contributed by atoms with van der Waals surface area (Å²) in [6.07, 6.45) is 1.01. The van der Waals surface area contributed by atoms with Crippen molar-refractivity contribution in [3.8, 4) is 11.5 Å². The Kier molecular flexibility index (Phi) is 4.23. The van der Waals surface area contributed by atoms with Gasteiger partial charge in [-0.15, -0.1) is 0 Å². The van der Waals surface area contributed by atoms with Crippen LogP contribution in [-0.2, 0) is 0 Å². The van der Waals surface area contributed by atoms with E-state index in [0.29, 0.717) is 13.2 Å². The molecular formula is C13H19NO3. The van der Waals surface area contributed by atoms with Gasteiger partial charge in [0, 0.05) is 19.5 Å². The number of aliphatic hydroxyl groups excluding tert-OH is 1. The first-order valence-electron chi connectivity index (χ1n) is 5.97. The van der Waals surface area contributed by atoms with E-state index < -0.39 is 0 Å². The minimum absolute atomic E-state index is 0.103. The van der Waals surface area contributed by atoms with E-state index >= 15 is 0 Å². The predicted molar refractivity (Wildman–Crippen MR) is 65.6 cm³/mol. The third kappa shape index (κ3) is 3.35. The molecule has 17 heavy (non-hydrogen) atoms. The molecule has 4 nitrogen and oxygen atoms in total. The Labute approximate surface area is 102 Å². The smallest absolute Gasteiger partial charge is 0.161 e. The van der Waals surface area contributed by atoms with E-state index in [1.54, 1.807) is 0 Å². The molecule has 0 saturated carbocycles. The SMILES string of the molecule is CN(CCO)CC[C@@H]1COc2ccccc2O1. The van der Waals surface area contributed by atoms with E-state index in [4.69, 9.17) is 14.6 Å². The van der Waals surface area contributed by atoms with E-state index in [1.807, 2.05) is 31.3 Å². The molecule has 0 saturated heterocycles. The molecule has 0 radical (unpaired) electrons. The standard InChI is InChI=1S/C13H19NO3/c1-14(8-9-15)7-6-11-10-16-12-4-2-3-5-13(12)17-11/h2-5,11,15H,6-10H2,1H3/t11-/m1/s1. The maximum atomic E-state index is 8.81. The van der Waals surface area contributed by atoms with E-state index in [0.717, 1.165) is 24.5 Å². The highest BCUT2D eigenvalue weighted by atomic mass is 16.6. The fourth-order valence-corrected chi connectivity index (χ4v) is 1.85. The first kappa shape index (κ1) is 12.2. The van der Waals surface area contributed by atoms with Crippen molar-refractivity contribution in [3.63, 3.8) is 0 Å². The van der Waals surface area contributed by atoms with Crippen molar-refractivity contribution in [2.45, 2.75) is 12.5 Å². The van der Waals surface area contributed by atoms with Crippen LogP contribution in [0, 0.1) is 0 Å². The van der Waals surface area contributed by atoms with Crippen LogP contribution in [0.4, 0.5) is 0 Å².